The lowest BCUT2D eigenvalue weighted by molar-refractivity contribution is 0.306. The zero-order chi connectivity index (χ0) is 16.8. The summed E-state index contributed by atoms with van der Waals surface area (Å²) >= 11 is 0. The number of hydrogen-bond donors (Lipinski definition) is 0. The second-order valence-electron chi connectivity index (χ2n) is 5.36. The zero-order valence-corrected chi connectivity index (χ0v) is 13.4. The second kappa shape index (κ2) is 7.34. The average Bonchev–Trinajstić information content (AvgIpc) is 2.67. The average molecular weight is 315 g/mol. The minimum absolute atomic E-state index is 0.520. The highest BCUT2D eigenvalue weighted by Gasteiger charge is 2.05. The number of nitriles is 1. The zero-order valence-electron chi connectivity index (χ0n) is 13.4. The molecule has 3 aromatic rings. The first kappa shape index (κ1) is 15.6. The standard InChI is InChI=1S/C21H17NO2/c1-23-21-11-17(14-22)10-19(13-21)18-8-5-9-20(12-18)24-15-16-6-3-2-4-7-16/h2-13H,15H2,1H3. The minimum atomic E-state index is 0.520. The summed E-state index contributed by atoms with van der Waals surface area (Å²) < 4.78 is 11.1. The Hall–Kier alpha value is -3.25. The van der Waals surface area contributed by atoms with Gasteiger partial charge in [-0.05, 0) is 47.0 Å². The van der Waals surface area contributed by atoms with Gasteiger partial charge in [-0.1, -0.05) is 42.5 Å². The number of rotatable bonds is 5. The summed E-state index contributed by atoms with van der Waals surface area (Å²) in [6.45, 7) is 0.520. The van der Waals surface area contributed by atoms with Gasteiger partial charge in [0.15, 0.2) is 0 Å². The molecule has 0 aromatic heterocycles. The van der Waals surface area contributed by atoms with Crippen LogP contribution < -0.4 is 9.47 Å². The minimum Gasteiger partial charge on any atom is -0.497 e. The third kappa shape index (κ3) is 3.74. The van der Waals surface area contributed by atoms with E-state index in [4.69, 9.17) is 14.7 Å². The van der Waals surface area contributed by atoms with E-state index >= 15 is 0 Å². The number of ether oxygens (including phenoxy) is 2. The predicted octanol–water partition coefficient (Wildman–Crippen LogP) is 4.81. The molecule has 0 N–H and O–H groups in total. The topological polar surface area (TPSA) is 42.2 Å². The molecule has 0 saturated carbocycles. The third-order valence-corrected chi connectivity index (χ3v) is 3.69. The maximum absolute atomic E-state index is 9.16. The molecule has 0 spiro atoms. The van der Waals surface area contributed by atoms with Gasteiger partial charge in [-0.2, -0.15) is 5.26 Å². The van der Waals surface area contributed by atoms with Crippen molar-refractivity contribution in [2.75, 3.05) is 7.11 Å². The van der Waals surface area contributed by atoms with Crippen LogP contribution in [0.3, 0.4) is 0 Å². The molecule has 0 fully saturated rings. The van der Waals surface area contributed by atoms with Gasteiger partial charge in [0.2, 0.25) is 0 Å². The number of hydrogen-bond acceptors (Lipinski definition) is 3. The van der Waals surface area contributed by atoms with E-state index in [0.29, 0.717) is 17.9 Å². The van der Waals surface area contributed by atoms with E-state index in [2.05, 4.69) is 6.07 Å². The van der Waals surface area contributed by atoms with Gasteiger partial charge in [0.05, 0.1) is 18.7 Å². The van der Waals surface area contributed by atoms with Gasteiger partial charge in [0.25, 0.3) is 0 Å². The molecule has 0 heterocycles. The molecule has 0 aliphatic rings. The third-order valence-electron chi connectivity index (χ3n) is 3.69. The van der Waals surface area contributed by atoms with Crippen molar-refractivity contribution in [3.05, 3.63) is 83.9 Å². The van der Waals surface area contributed by atoms with E-state index in [1.165, 1.54) is 0 Å². The van der Waals surface area contributed by atoms with Crippen LogP contribution in [0.4, 0.5) is 0 Å². The maximum Gasteiger partial charge on any atom is 0.120 e. The van der Waals surface area contributed by atoms with Crippen molar-refractivity contribution in [2.24, 2.45) is 0 Å². The number of methoxy groups -OCH3 is 1. The summed E-state index contributed by atoms with van der Waals surface area (Å²) in [7, 11) is 1.60. The lowest BCUT2D eigenvalue weighted by Crippen LogP contribution is -1.95. The highest BCUT2D eigenvalue weighted by molar-refractivity contribution is 5.68. The smallest absolute Gasteiger partial charge is 0.120 e. The van der Waals surface area contributed by atoms with Crippen LogP contribution in [-0.2, 0) is 6.61 Å². The molecular formula is C21H17NO2. The normalized spacial score (nSPS) is 10.0. The van der Waals surface area contributed by atoms with Crippen molar-refractivity contribution >= 4 is 0 Å². The fraction of sp³-hybridized carbons (Fsp3) is 0.0952. The molecule has 24 heavy (non-hydrogen) atoms. The van der Waals surface area contributed by atoms with Crippen LogP contribution in [0.2, 0.25) is 0 Å². The fourth-order valence-electron chi connectivity index (χ4n) is 2.45. The summed E-state index contributed by atoms with van der Waals surface area (Å²) in [5.74, 6) is 1.46. The quantitative estimate of drug-likeness (QED) is 0.678. The molecule has 3 aromatic carbocycles. The molecular weight excluding hydrogens is 298 g/mol. The summed E-state index contributed by atoms with van der Waals surface area (Å²) in [4.78, 5) is 0. The fourth-order valence-corrected chi connectivity index (χ4v) is 2.45. The van der Waals surface area contributed by atoms with Gasteiger partial charge in [-0.25, -0.2) is 0 Å². The lowest BCUT2D eigenvalue weighted by atomic mass is 10.0. The Kier molecular flexibility index (Phi) is 4.78. The van der Waals surface area contributed by atoms with Crippen molar-refractivity contribution in [1.29, 1.82) is 5.26 Å². The first-order valence-corrected chi connectivity index (χ1v) is 7.65. The Morgan fingerprint density at radius 1 is 0.833 bits per heavy atom. The van der Waals surface area contributed by atoms with Crippen LogP contribution >= 0.6 is 0 Å². The molecule has 3 nitrogen and oxygen atoms in total. The summed E-state index contributed by atoms with van der Waals surface area (Å²) in [6, 6.07) is 25.5. The molecule has 3 rings (SSSR count). The second-order valence-corrected chi connectivity index (χ2v) is 5.36. The Labute approximate surface area is 141 Å². The molecule has 0 saturated heterocycles. The molecule has 0 amide bonds. The van der Waals surface area contributed by atoms with Gasteiger partial charge < -0.3 is 9.47 Å². The molecule has 0 radical (unpaired) electrons. The molecule has 0 unspecified atom stereocenters. The number of benzene rings is 3. The highest BCUT2D eigenvalue weighted by Crippen LogP contribution is 2.28. The van der Waals surface area contributed by atoms with Crippen LogP contribution in [0.25, 0.3) is 11.1 Å². The Morgan fingerprint density at radius 2 is 1.62 bits per heavy atom. The Bertz CT molecular complexity index is 867. The van der Waals surface area contributed by atoms with Crippen molar-refractivity contribution < 1.29 is 9.47 Å². The van der Waals surface area contributed by atoms with Gasteiger partial charge in [-0.3, -0.25) is 0 Å². The van der Waals surface area contributed by atoms with E-state index in [1.54, 1.807) is 13.2 Å². The predicted molar refractivity (Wildman–Crippen MR) is 93.9 cm³/mol. The van der Waals surface area contributed by atoms with Gasteiger partial charge in [0, 0.05) is 0 Å². The van der Waals surface area contributed by atoms with E-state index in [1.807, 2.05) is 66.7 Å². The Balaban J connectivity index is 1.84. The molecule has 0 aliphatic carbocycles. The van der Waals surface area contributed by atoms with E-state index in [-0.39, 0.29) is 0 Å². The van der Waals surface area contributed by atoms with Crippen molar-refractivity contribution in [1.82, 2.24) is 0 Å². The maximum atomic E-state index is 9.16. The summed E-state index contributed by atoms with van der Waals surface area (Å²) in [5.41, 5.74) is 3.60. The van der Waals surface area contributed by atoms with Gasteiger partial charge in [0.1, 0.15) is 18.1 Å². The lowest BCUT2D eigenvalue weighted by Gasteiger charge is -2.10. The van der Waals surface area contributed by atoms with Crippen LogP contribution in [0.5, 0.6) is 11.5 Å². The molecule has 0 aliphatic heterocycles. The number of nitrogens with zero attached hydrogens (tertiary/aromatic N) is 1. The van der Waals surface area contributed by atoms with Crippen molar-refractivity contribution in [3.63, 3.8) is 0 Å². The van der Waals surface area contributed by atoms with Crippen molar-refractivity contribution in [2.45, 2.75) is 6.61 Å². The Morgan fingerprint density at radius 3 is 2.38 bits per heavy atom. The van der Waals surface area contributed by atoms with Crippen LogP contribution in [0.15, 0.2) is 72.8 Å². The SMILES string of the molecule is COc1cc(C#N)cc(-c2cccc(OCc3ccccc3)c2)c1. The van der Waals surface area contributed by atoms with Gasteiger partial charge in [-0.15, -0.1) is 0 Å². The van der Waals surface area contributed by atoms with E-state index in [9.17, 15) is 0 Å². The monoisotopic (exact) mass is 315 g/mol. The summed E-state index contributed by atoms with van der Waals surface area (Å²) in [5, 5.41) is 9.16. The van der Waals surface area contributed by atoms with E-state index < -0.39 is 0 Å². The largest absolute Gasteiger partial charge is 0.497 e. The summed E-state index contributed by atoms with van der Waals surface area (Å²) in [6.07, 6.45) is 0. The van der Waals surface area contributed by atoms with Crippen LogP contribution in [-0.4, -0.2) is 7.11 Å². The molecule has 3 heteroatoms. The molecule has 118 valence electrons. The van der Waals surface area contributed by atoms with E-state index in [0.717, 1.165) is 22.4 Å². The highest BCUT2D eigenvalue weighted by atomic mass is 16.5. The van der Waals surface area contributed by atoms with Crippen LogP contribution in [0, 0.1) is 11.3 Å². The molecule has 0 bridgehead atoms. The first-order chi connectivity index (χ1) is 11.8. The van der Waals surface area contributed by atoms with Gasteiger partial charge >= 0.3 is 0 Å². The first-order valence-electron chi connectivity index (χ1n) is 7.65. The van der Waals surface area contributed by atoms with Crippen molar-refractivity contribution in [3.8, 4) is 28.7 Å². The van der Waals surface area contributed by atoms with Crippen LogP contribution in [0.1, 0.15) is 11.1 Å². The molecule has 0 atom stereocenters.